The molecule has 4 heteroatoms. The zero-order chi connectivity index (χ0) is 9.26. The van der Waals surface area contributed by atoms with Crippen molar-refractivity contribution in [1.82, 2.24) is 10.1 Å². The maximum absolute atomic E-state index is 5.20. The van der Waals surface area contributed by atoms with Gasteiger partial charge in [0.05, 0.1) is 5.75 Å². The largest absolute Gasteiger partial charge is 0.339 e. The summed E-state index contributed by atoms with van der Waals surface area (Å²) >= 11 is 1.72. The zero-order valence-electron chi connectivity index (χ0n) is 7.99. The Balaban J connectivity index is 1.97. The highest BCUT2D eigenvalue weighted by Gasteiger charge is 2.31. The molecule has 13 heavy (non-hydrogen) atoms. The molecule has 2 rings (SSSR count). The van der Waals surface area contributed by atoms with Crippen molar-refractivity contribution in [3.8, 4) is 0 Å². The number of hydrogen-bond donors (Lipinski definition) is 0. The minimum atomic E-state index is 0.540. The van der Waals surface area contributed by atoms with E-state index in [9.17, 15) is 0 Å². The van der Waals surface area contributed by atoms with Crippen molar-refractivity contribution in [2.75, 3.05) is 6.26 Å². The minimum Gasteiger partial charge on any atom is -0.339 e. The third-order valence-electron chi connectivity index (χ3n) is 2.48. The van der Waals surface area contributed by atoms with Crippen molar-refractivity contribution in [2.24, 2.45) is 5.92 Å². The molecule has 0 unspecified atom stereocenters. The van der Waals surface area contributed by atoms with Gasteiger partial charge in [-0.3, -0.25) is 0 Å². The van der Waals surface area contributed by atoms with Crippen LogP contribution in [0.25, 0.3) is 0 Å². The molecule has 0 N–H and O–H groups in total. The molecule has 0 amide bonds. The molecule has 1 heterocycles. The normalized spacial score (nSPS) is 27.2. The molecule has 3 nitrogen and oxygen atoms in total. The van der Waals surface area contributed by atoms with E-state index in [1.807, 2.05) is 6.26 Å². The highest BCUT2D eigenvalue weighted by molar-refractivity contribution is 7.97. The third kappa shape index (κ3) is 1.88. The fraction of sp³-hybridized carbons (Fsp3) is 0.778. The lowest BCUT2D eigenvalue weighted by molar-refractivity contribution is 0.227. The van der Waals surface area contributed by atoms with Gasteiger partial charge in [0.2, 0.25) is 5.89 Å². The van der Waals surface area contributed by atoms with Gasteiger partial charge in [-0.05, 0) is 25.0 Å². The fourth-order valence-electron chi connectivity index (χ4n) is 1.73. The second-order valence-corrected chi connectivity index (χ2v) is 4.62. The quantitative estimate of drug-likeness (QED) is 0.747. The van der Waals surface area contributed by atoms with Crippen LogP contribution >= 0.6 is 11.8 Å². The van der Waals surface area contributed by atoms with Crippen molar-refractivity contribution < 1.29 is 4.52 Å². The molecule has 0 saturated heterocycles. The highest BCUT2D eigenvalue weighted by Crippen LogP contribution is 2.40. The van der Waals surface area contributed by atoms with Gasteiger partial charge in [0, 0.05) is 5.92 Å². The summed E-state index contributed by atoms with van der Waals surface area (Å²) in [6, 6.07) is 0. The molecule has 0 aliphatic heterocycles. The molecule has 1 fully saturated rings. The average Bonchev–Trinajstić information content (AvgIpc) is 2.48. The van der Waals surface area contributed by atoms with Crippen molar-refractivity contribution >= 4 is 11.8 Å². The molecule has 1 aliphatic carbocycles. The van der Waals surface area contributed by atoms with Crippen LogP contribution < -0.4 is 0 Å². The Morgan fingerprint density at radius 1 is 1.54 bits per heavy atom. The van der Waals surface area contributed by atoms with E-state index in [2.05, 4.69) is 17.1 Å². The number of nitrogens with zero attached hydrogens (tertiary/aromatic N) is 2. The lowest BCUT2D eigenvalue weighted by Gasteiger charge is -2.29. The molecular formula is C9H14N2OS. The smallest absolute Gasteiger partial charge is 0.229 e. The van der Waals surface area contributed by atoms with Crippen molar-refractivity contribution in [3.05, 3.63) is 11.7 Å². The van der Waals surface area contributed by atoms with E-state index in [4.69, 9.17) is 4.52 Å². The minimum absolute atomic E-state index is 0.540. The van der Waals surface area contributed by atoms with Crippen LogP contribution in [0.15, 0.2) is 4.52 Å². The van der Waals surface area contributed by atoms with Gasteiger partial charge in [-0.2, -0.15) is 16.7 Å². The number of hydrogen-bond acceptors (Lipinski definition) is 4. The first kappa shape index (κ1) is 9.06. The Labute approximate surface area is 82.3 Å². The van der Waals surface area contributed by atoms with Crippen LogP contribution in [0.5, 0.6) is 0 Å². The molecule has 1 aromatic rings. The van der Waals surface area contributed by atoms with Crippen LogP contribution in [0, 0.1) is 5.92 Å². The molecular weight excluding hydrogens is 184 g/mol. The Hall–Kier alpha value is -0.510. The molecule has 0 bridgehead atoms. The first-order chi connectivity index (χ1) is 6.29. The van der Waals surface area contributed by atoms with Gasteiger partial charge in [0.1, 0.15) is 0 Å². The predicted molar refractivity (Wildman–Crippen MR) is 52.7 cm³/mol. The summed E-state index contributed by atoms with van der Waals surface area (Å²) in [6.45, 7) is 2.26. The lowest BCUT2D eigenvalue weighted by Crippen LogP contribution is -2.19. The van der Waals surface area contributed by atoms with Gasteiger partial charge in [-0.25, -0.2) is 0 Å². The number of rotatable bonds is 3. The summed E-state index contributed by atoms with van der Waals surface area (Å²) in [7, 11) is 0. The van der Waals surface area contributed by atoms with Crippen LogP contribution in [0.1, 0.15) is 37.4 Å². The highest BCUT2D eigenvalue weighted by atomic mass is 32.2. The van der Waals surface area contributed by atoms with E-state index in [1.165, 1.54) is 12.8 Å². The maximum atomic E-state index is 5.20. The van der Waals surface area contributed by atoms with Crippen LogP contribution in [0.3, 0.4) is 0 Å². The molecule has 72 valence electrons. The molecule has 0 radical (unpaired) electrons. The summed E-state index contributed by atoms with van der Waals surface area (Å²) in [5.74, 6) is 3.91. The molecule has 0 aromatic carbocycles. The summed E-state index contributed by atoms with van der Waals surface area (Å²) in [4.78, 5) is 4.36. The molecule has 0 spiro atoms. The van der Waals surface area contributed by atoms with E-state index in [0.29, 0.717) is 5.92 Å². The van der Waals surface area contributed by atoms with E-state index < -0.39 is 0 Å². The molecule has 1 aliphatic rings. The van der Waals surface area contributed by atoms with Crippen molar-refractivity contribution in [1.29, 1.82) is 0 Å². The summed E-state index contributed by atoms with van der Waals surface area (Å²) in [6.07, 6.45) is 4.46. The fourth-order valence-corrected chi connectivity index (χ4v) is 2.10. The second kappa shape index (κ2) is 3.70. The van der Waals surface area contributed by atoms with Gasteiger partial charge in [0.25, 0.3) is 0 Å². The van der Waals surface area contributed by atoms with E-state index in [-0.39, 0.29) is 0 Å². The van der Waals surface area contributed by atoms with E-state index >= 15 is 0 Å². The SMILES string of the molecule is CSCc1noc(C2CC(C)C2)n1. The summed E-state index contributed by atoms with van der Waals surface area (Å²) in [5, 5.41) is 3.93. The van der Waals surface area contributed by atoms with Gasteiger partial charge >= 0.3 is 0 Å². The van der Waals surface area contributed by atoms with Gasteiger partial charge in [0.15, 0.2) is 5.82 Å². The summed E-state index contributed by atoms with van der Waals surface area (Å²) < 4.78 is 5.20. The van der Waals surface area contributed by atoms with Crippen LogP contribution in [0.4, 0.5) is 0 Å². The van der Waals surface area contributed by atoms with Crippen LogP contribution in [-0.4, -0.2) is 16.4 Å². The Kier molecular flexibility index (Phi) is 2.58. The van der Waals surface area contributed by atoms with Crippen LogP contribution in [-0.2, 0) is 5.75 Å². The Morgan fingerprint density at radius 2 is 2.31 bits per heavy atom. The standard InChI is InChI=1S/C9H14N2OS/c1-6-3-7(4-6)9-10-8(5-13-2)11-12-9/h6-7H,3-5H2,1-2H3. The maximum Gasteiger partial charge on any atom is 0.229 e. The number of thioether (sulfide) groups is 1. The number of aromatic nitrogens is 2. The predicted octanol–water partition coefficient (Wildman–Crippen LogP) is 2.45. The van der Waals surface area contributed by atoms with Crippen LogP contribution in [0.2, 0.25) is 0 Å². The third-order valence-corrected chi connectivity index (χ3v) is 3.03. The van der Waals surface area contributed by atoms with Gasteiger partial charge < -0.3 is 4.52 Å². The first-order valence-electron chi connectivity index (χ1n) is 4.61. The Bertz CT molecular complexity index is 281. The van der Waals surface area contributed by atoms with Crippen molar-refractivity contribution in [2.45, 2.75) is 31.4 Å². The van der Waals surface area contributed by atoms with Gasteiger partial charge in [-0.1, -0.05) is 12.1 Å². The zero-order valence-corrected chi connectivity index (χ0v) is 8.80. The van der Waals surface area contributed by atoms with Gasteiger partial charge in [-0.15, -0.1) is 0 Å². The monoisotopic (exact) mass is 198 g/mol. The van der Waals surface area contributed by atoms with Crippen molar-refractivity contribution in [3.63, 3.8) is 0 Å². The Morgan fingerprint density at radius 3 is 2.92 bits per heavy atom. The topological polar surface area (TPSA) is 38.9 Å². The second-order valence-electron chi connectivity index (χ2n) is 3.76. The summed E-state index contributed by atoms with van der Waals surface area (Å²) in [5.41, 5.74) is 0. The lowest BCUT2D eigenvalue weighted by atomic mass is 9.76. The van der Waals surface area contributed by atoms with E-state index in [1.54, 1.807) is 11.8 Å². The molecule has 1 aromatic heterocycles. The van der Waals surface area contributed by atoms with E-state index in [0.717, 1.165) is 23.4 Å². The average molecular weight is 198 g/mol. The molecule has 0 atom stereocenters. The first-order valence-corrected chi connectivity index (χ1v) is 6.00. The molecule has 1 saturated carbocycles.